The first-order valence-electron chi connectivity index (χ1n) is 7.69. The van der Waals surface area contributed by atoms with E-state index in [1.54, 1.807) is 12.3 Å². The van der Waals surface area contributed by atoms with Crippen molar-refractivity contribution in [3.8, 4) is 11.5 Å². The summed E-state index contributed by atoms with van der Waals surface area (Å²) < 4.78 is 12.3. The summed E-state index contributed by atoms with van der Waals surface area (Å²) in [5, 5.41) is 3.92. The van der Waals surface area contributed by atoms with E-state index >= 15 is 0 Å². The summed E-state index contributed by atoms with van der Waals surface area (Å²) in [6.07, 6.45) is 4.79. The highest BCUT2D eigenvalue weighted by atomic mass is 35.5. The van der Waals surface area contributed by atoms with E-state index < -0.39 is 5.79 Å². The SMILES string of the molecule is CC1(c2ccc(Cl)cn2)Oc2cccc(C3=CCNCC3)c2O1.Cl. The van der Waals surface area contributed by atoms with Gasteiger partial charge in [0.25, 0.3) is 5.79 Å². The van der Waals surface area contributed by atoms with Crippen LogP contribution in [0.1, 0.15) is 24.6 Å². The zero-order valence-electron chi connectivity index (χ0n) is 13.2. The molecule has 0 saturated carbocycles. The van der Waals surface area contributed by atoms with Crippen molar-refractivity contribution in [2.75, 3.05) is 13.1 Å². The average molecular weight is 365 g/mol. The zero-order valence-corrected chi connectivity index (χ0v) is 14.8. The Hall–Kier alpha value is -1.75. The van der Waals surface area contributed by atoms with Gasteiger partial charge in [0.2, 0.25) is 0 Å². The lowest BCUT2D eigenvalue weighted by molar-refractivity contribution is -0.0718. The van der Waals surface area contributed by atoms with Gasteiger partial charge in [0.15, 0.2) is 11.5 Å². The first-order chi connectivity index (χ1) is 11.2. The zero-order chi connectivity index (χ0) is 15.9. The van der Waals surface area contributed by atoms with Crippen LogP contribution < -0.4 is 14.8 Å². The molecule has 0 amide bonds. The van der Waals surface area contributed by atoms with Crippen molar-refractivity contribution in [2.24, 2.45) is 0 Å². The minimum absolute atomic E-state index is 0. The Balaban J connectivity index is 0.00000169. The summed E-state index contributed by atoms with van der Waals surface area (Å²) in [6, 6.07) is 9.64. The largest absolute Gasteiger partial charge is 0.443 e. The summed E-state index contributed by atoms with van der Waals surface area (Å²) in [5.74, 6) is 0.609. The standard InChI is InChI=1S/C18H17ClN2O2.ClH/c1-18(16-6-5-13(19)11-21-16)22-15-4-2-3-14(17(15)23-18)12-7-9-20-10-8-12;/h2-7,11,20H,8-10H2,1H3;1H. The van der Waals surface area contributed by atoms with Crippen molar-refractivity contribution in [3.63, 3.8) is 0 Å². The molecule has 1 unspecified atom stereocenters. The molecule has 6 heteroatoms. The number of hydrogen-bond donors (Lipinski definition) is 1. The maximum atomic E-state index is 6.22. The fraction of sp³-hybridized carbons (Fsp3) is 0.278. The molecule has 2 aromatic rings. The number of para-hydroxylation sites is 1. The summed E-state index contributed by atoms with van der Waals surface area (Å²) in [4.78, 5) is 4.35. The maximum Gasteiger partial charge on any atom is 0.292 e. The number of aromatic nitrogens is 1. The second-order valence-electron chi connectivity index (χ2n) is 5.83. The van der Waals surface area contributed by atoms with Crippen LogP contribution in [0.25, 0.3) is 5.57 Å². The molecule has 126 valence electrons. The van der Waals surface area contributed by atoms with Crippen LogP contribution in [0.3, 0.4) is 0 Å². The lowest BCUT2D eigenvalue weighted by Gasteiger charge is -2.22. The quantitative estimate of drug-likeness (QED) is 0.867. The van der Waals surface area contributed by atoms with E-state index in [0.717, 1.165) is 36.6 Å². The molecule has 2 aliphatic rings. The predicted molar refractivity (Wildman–Crippen MR) is 97.0 cm³/mol. The van der Waals surface area contributed by atoms with Gasteiger partial charge in [-0.05, 0) is 36.7 Å². The summed E-state index contributed by atoms with van der Waals surface area (Å²) in [6.45, 7) is 3.74. The van der Waals surface area contributed by atoms with Crippen LogP contribution in [0.4, 0.5) is 0 Å². The fourth-order valence-electron chi connectivity index (χ4n) is 3.00. The number of fused-ring (bicyclic) bond motifs is 1. The normalized spacial score (nSPS) is 21.8. The molecule has 1 atom stereocenters. The third-order valence-electron chi connectivity index (χ3n) is 4.18. The van der Waals surface area contributed by atoms with Crippen molar-refractivity contribution in [2.45, 2.75) is 19.1 Å². The smallest absolute Gasteiger partial charge is 0.292 e. The van der Waals surface area contributed by atoms with Gasteiger partial charge in [0, 0.05) is 25.2 Å². The Morgan fingerprint density at radius 3 is 2.79 bits per heavy atom. The molecule has 0 aliphatic carbocycles. The van der Waals surface area contributed by atoms with Crippen LogP contribution in [-0.4, -0.2) is 18.1 Å². The lowest BCUT2D eigenvalue weighted by atomic mass is 9.99. The molecule has 4 nitrogen and oxygen atoms in total. The summed E-state index contributed by atoms with van der Waals surface area (Å²) in [7, 11) is 0. The van der Waals surface area contributed by atoms with E-state index in [9.17, 15) is 0 Å². The van der Waals surface area contributed by atoms with Crippen molar-refractivity contribution in [1.82, 2.24) is 10.3 Å². The number of nitrogens with zero attached hydrogens (tertiary/aromatic N) is 1. The minimum Gasteiger partial charge on any atom is -0.443 e. The van der Waals surface area contributed by atoms with Crippen LogP contribution in [0.5, 0.6) is 11.5 Å². The number of pyridine rings is 1. The number of nitrogens with one attached hydrogen (secondary N) is 1. The van der Waals surface area contributed by atoms with E-state index in [2.05, 4.69) is 22.4 Å². The molecule has 0 radical (unpaired) electrons. The number of halogens is 2. The molecule has 4 rings (SSSR count). The molecule has 1 aromatic heterocycles. The third kappa shape index (κ3) is 2.97. The van der Waals surface area contributed by atoms with Gasteiger partial charge in [0.05, 0.1) is 5.02 Å². The van der Waals surface area contributed by atoms with Crippen molar-refractivity contribution in [1.29, 1.82) is 0 Å². The van der Waals surface area contributed by atoms with E-state index in [4.69, 9.17) is 21.1 Å². The van der Waals surface area contributed by atoms with E-state index in [1.165, 1.54) is 5.57 Å². The van der Waals surface area contributed by atoms with E-state index in [1.807, 2.05) is 25.1 Å². The molecule has 1 N–H and O–H groups in total. The van der Waals surface area contributed by atoms with Gasteiger partial charge in [-0.2, -0.15) is 0 Å². The molecule has 2 aliphatic heterocycles. The molecule has 24 heavy (non-hydrogen) atoms. The number of ether oxygens (including phenoxy) is 2. The van der Waals surface area contributed by atoms with Gasteiger partial charge in [0.1, 0.15) is 5.69 Å². The summed E-state index contributed by atoms with van der Waals surface area (Å²) >= 11 is 5.92. The van der Waals surface area contributed by atoms with Crippen molar-refractivity contribution in [3.05, 3.63) is 58.9 Å². The molecule has 0 fully saturated rings. The highest BCUT2D eigenvalue weighted by Gasteiger charge is 2.41. The first kappa shape index (κ1) is 17.1. The highest BCUT2D eigenvalue weighted by molar-refractivity contribution is 6.30. The van der Waals surface area contributed by atoms with E-state index in [-0.39, 0.29) is 12.4 Å². The van der Waals surface area contributed by atoms with Crippen LogP contribution >= 0.6 is 24.0 Å². The van der Waals surface area contributed by atoms with Crippen LogP contribution in [-0.2, 0) is 5.79 Å². The monoisotopic (exact) mass is 364 g/mol. The highest BCUT2D eigenvalue weighted by Crippen LogP contribution is 2.47. The Bertz CT molecular complexity index is 777. The van der Waals surface area contributed by atoms with Crippen LogP contribution in [0, 0.1) is 0 Å². The van der Waals surface area contributed by atoms with Gasteiger partial charge < -0.3 is 14.8 Å². The molecule has 0 bridgehead atoms. The Morgan fingerprint density at radius 1 is 1.21 bits per heavy atom. The van der Waals surface area contributed by atoms with Gasteiger partial charge in [-0.1, -0.05) is 29.8 Å². The second kappa shape index (κ2) is 6.63. The minimum atomic E-state index is -0.934. The van der Waals surface area contributed by atoms with E-state index in [0.29, 0.717) is 10.7 Å². The predicted octanol–water partition coefficient (Wildman–Crippen LogP) is 4.18. The number of rotatable bonds is 2. The van der Waals surface area contributed by atoms with Gasteiger partial charge in [-0.25, -0.2) is 0 Å². The Kier molecular flexibility index (Phi) is 4.72. The molecule has 0 spiro atoms. The molecule has 3 heterocycles. The lowest BCUT2D eigenvalue weighted by Crippen LogP contribution is -2.32. The topological polar surface area (TPSA) is 43.4 Å². The fourth-order valence-corrected chi connectivity index (χ4v) is 3.11. The third-order valence-corrected chi connectivity index (χ3v) is 4.41. The number of benzene rings is 1. The Labute approximate surface area is 152 Å². The Morgan fingerprint density at radius 2 is 2.08 bits per heavy atom. The van der Waals surface area contributed by atoms with Gasteiger partial charge >= 0.3 is 0 Å². The van der Waals surface area contributed by atoms with Crippen LogP contribution in [0.2, 0.25) is 5.02 Å². The molecule has 1 aromatic carbocycles. The molecular formula is C18H18Cl2N2O2. The van der Waals surface area contributed by atoms with Gasteiger partial charge in [-0.15, -0.1) is 12.4 Å². The number of hydrogen-bond acceptors (Lipinski definition) is 4. The van der Waals surface area contributed by atoms with Gasteiger partial charge in [-0.3, -0.25) is 4.98 Å². The second-order valence-corrected chi connectivity index (χ2v) is 6.26. The average Bonchev–Trinajstić information content (AvgIpc) is 2.93. The summed E-state index contributed by atoms with van der Waals surface area (Å²) in [5.41, 5.74) is 3.09. The first-order valence-corrected chi connectivity index (χ1v) is 8.07. The maximum absolute atomic E-state index is 6.22. The van der Waals surface area contributed by atoms with Crippen molar-refractivity contribution < 1.29 is 9.47 Å². The molecule has 0 saturated heterocycles. The van der Waals surface area contributed by atoms with Crippen molar-refractivity contribution >= 4 is 29.6 Å². The molecular weight excluding hydrogens is 347 g/mol. The van der Waals surface area contributed by atoms with Crippen LogP contribution in [0.15, 0.2) is 42.6 Å².